The van der Waals surface area contributed by atoms with E-state index >= 15 is 0 Å². The van der Waals surface area contributed by atoms with E-state index in [9.17, 15) is 4.79 Å². The Hall–Kier alpha value is -2.49. The van der Waals surface area contributed by atoms with Gasteiger partial charge in [0.25, 0.3) is 0 Å². The molecule has 2 aromatic rings. The van der Waals surface area contributed by atoms with Gasteiger partial charge in [-0.2, -0.15) is 0 Å². The van der Waals surface area contributed by atoms with Crippen LogP contribution in [0.5, 0.6) is 11.5 Å². The summed E-state index contributed by atoms with van der Waals surface area (Å²) in [6.45, 7) is 2.71. The lowest BCUT2D eigenvalue weighted by Gasteiger charge is -2.24. The minimum Gasteiger partial charge on any atom is -0.497 e. The van der Waals surface area contributed by atoms with Crippen LogP contribution in [0.15, 0.2) is 48.5 Å². The summed E-state index contributed by atoms with van der Waals surface area (Å²) in [5.74, 6) is 1.69. The fourth-order valence-electron chi connectivity index (χ4n) is 3.08. The normalized spacial score (nSPS) is 20.7. The molecular formula is C19H21NO3. The maximum absolute atomic E-state index is 13.0. The fourth-order valence-corrected chi connectivity index (χ4v) is 3.08. The quantitative estimate of drug-likeness (QED) is 0.868. The smallest absolute Gasteiger partial charge is 0.237 e. The molecule has 4 heteroatoms. The second-order valence-corrected chi connectivity index (χ2v) is 5.97. The van der Waals surface area contributed by atoms with Crippen molar-refractivity contribution in [1.82, 2.24) is 0 Å². The third kappa shape index (κ3) is 2.65. The van der Waals surface area contributed by atoms with Gasteiger partial charge in [-0.3, -0.25) is 4.79 Å². The Kier molecular flexibility index (Phi) is 3.99. The van der Waals surface area contributed by atoms with E-state index in [2.05, 4.69) is 0 Å². The average Bonchev–Trinajstić information content (AvgIpc) is 2.91. The van der Waals surface area contributed by atoms with Gasteiger partial charge in [0.05, 0.1) is 19.6 Å². The van der Waals surface area contributed by atoms with Crippen molar-refractivity contribution in [3.8, 4) is 11.5 Å². The molecule has 1 heterocycles. The molecule has 0 N–H and O–H groups in total. The van der Waals surface area contributed by atoms with Gasteiger partial charge >= 0.3 is 0 Å². The number of carbonyl (C=O) groups is 1. The van der Waals surface area contributed by atoms with E-state index in [1.165, 1.54) is 0 Å². The van der Waals surface area contributed by atoms with Crippen molar-refractivity contribution in [3.05, 3.63) is 54.1 Å². The number of rotatable bonds is 4. The first-order chi connectivity index (χ1) is 11.1. The largest absolute Gasteiger partial charge is 0.497 e. The molecule has 23 heavy (non-hydrogen) atoms. The molecule has 2 aromatic carbocycles. The number of carbonyl (C=O) groups excluding carboxylic acids is 1. The summed E-state index contributed by atoms with van der Waals surface area (Å²) < 4.78 is 10.5. The number of hydrogen-bond acceptors (Lipinski definition) is 3. The lowest BCUT2D eigenvalue weighted by atomic mass is 9.81. The van der Waals surface area contributed by atoms with Gasteiger partial charge in [-0.15, -0.1) is 0 Å². The summed E-state index contributed by atoms with van der Waals surface area (Å²) in [4.78, 5) is 14.9. The van der Waals surface area contributed by atoms with Gasteiger partial charge in [-0.25, -0.2) is 0 Å². The zero-order chi connectivity index (χ0) is 16.4. The molecule has 1 saturated heterocycles. The second kappa shape index (κ2) is 5.95. The SMILES string of the molecule is COc1ccc(N2CCC(C)(c3cccc(OC)c3)C2=O)cc1. The number of benzene rings is 2. The lowest BCUT2D eigenvalue weighted by molar-refractivity contribution is -0.121. The fraction of sp³-hybridized carbons (Fsp3) is 0.316. The van der Waals surface area contributed by atoms with E-state index < -0.39 is 5.41 Å². The van der Waals surface area contributed by atoms with Crippen LogP contribution >= 0.6 is 0 Å². The molecule has 0 spiro atoms. The maximum Gasteiger partial charge on any atom is 0.237 e. The molecule has 0 aromatic heterocycles. The van der Waals surface area contributed by atoms with Gasteiger partial charge in [-0.05, 0) is 55.3 Å². The molecular weight excluding hydrogens is 290 g/mol. The molecule has 1 aliphatic rings. The Morgan fingerprint density at radius 1 is 1.00 bits per heavy atom. The molecule has 0 bridgehead atoms. The number of hydrogen-bond donors (Lipinski definition) is 0. The topological polar surface area (TPSA) is 38.8 Å². The highest BCUT2D eigenvalue weighted by molar-refractivity contribution is 6.03. The van der Waals surface area contributed by atoms with Crippen molar-refractivity contribution in [2.75, 3.05) is 25.7 Å². The molecule has 1 aliphatic heterocycles. The van der Waals surface area contributed by atoms with Crippen molar-refractivity contribution in [1.29, 1.82) is 0 Å². The van der Waals surface area contributed by atoms with Gasteiger partial charge in [-0.1, -0.05) is 12.1 Å². The second-order valence-electron chi connectivity index (χ2n) is 5.97. The lowest BCUT2D eigenvalue weighted by Crippen LogP contribution is -2.35. The zero-order valence-corrected chi connectivity index (χ0v) is 13.7. The van der Waals surface area contributed by atoms with Crippen molar-refractivity contribution in [3.63, 3.8) is 0 Å². The number of ether oxygens (including phenoxy) is 2. The minimum atomic E-state index is -0.519. The Bertz CT molecular complexity index is 711. The maximum atomic E-state index is 13.0. The predicted octanol–water partition coefficient (Wildman–Crippen LogP) is 3.40. The van der Waals surface area contributed by atoms with Crippen LogP contribution in [0.4, 0.5) is 5.69 Å². The Labute approximate surface area is 136 Å². The number of methoxy groups -OCH3 is 2. The average molecular weight is 311 g/mol. The van der Waals surface area contributed by atoms with Gasteiger partial charge in [0.15, 0.2) is 0 Å². The van der Waals surface area contributed by atoms with Gasteiger partial charge in [0, 0.05) is 12.2 Å². The number of nitrogens with zero attached hydrogens (tertiary/aromatic N) is 1. The van der Waals surface area contributed by atoms with Gasteiger partial charge in [0.1, 0.15) is 11.5 Å². The summed E-state index contributed by atoms with van der Waals surface area (Å²) in [5.41, 5.74) is 1.38. The third-order valence-corrected chi connectivity index (χ3v) is 4.64. The highest BCUT2D eigenvalue weighted by atomic mass is 16.5. The first-order valence-electron chi connectivity index (χ1n) is 7.69. The van der Waals surface area contributed by atoms with E-state index in [4.69, 9.17) is 9.47 Å². The van der Waals surface area contributed by atoms with Crippen LogP contribution in [0.2, 0.25) is 0 Å². The van der Waals surface area contributed by atoms with E-state index in [0.717, 1.165) is 29.2 Å². The summed E-state index contributed by atoms with van der Waals surface area (Å²) >= 11 is 0. The van der Waals surface area contributed by atoms with Crippen molar-refractivity contribution in [2.45, 2.75) is 18.8 Å². The minimum absolute atomic E-state index is 0.121. The monoisotopic (exact) mass is 311 g/mol. The molecule has 1 atom stereocenters. The van der Waals surface area contributed by atoms with Crippen LogP contribution in [-0.4, -0.2) is 26.7 Å². The first-order valence-corrected chi connectivity index (χ1v) is 7.69. The van der Waals surface area contributed by atoms with Crippen molar-refractivity contribution >= 4 is 11.6 Å². The van der Waals surface area contributed by atoms with E-state index in [0.29, 0.717) is 6.54 Å². The van der Waals surface area contributed by atoms with Gasteiger partial charge in [0.2, 0.25) is 5.91 Å². The number of anilines is 1. The summed E-state index contributed by atoms with van der Waals surface area (Å²) in [7, 11) is 3.28. The highest BCUT2D eigenvalue weighted by Gasteiger charge is 2.44. The Morgan fingerprint density at radius 2 is 1.70 bits per heavy atom. The molecule has 0 radical (unpaired) electrons. The van der Waals surface area contributed by atoms with Crippen LogP contribution in [-0.2, 0) is 10.2 Å². The van der Waals surface area contributed by atoms with Crippen LogP contribution in [0.25, 0.3) is 0 Å². The van der Waals surface area contributed by atoms with Crippen LogP contribution in [0.1, 0.15) is 18.9 Å². The standard InChI is InChI=1S/C19H21NO3/c1-19(14-5-4-6-17(13-14)23-3)11-12-20(18(19)21)15-7-9-16(22-2)10-8-15/h4-10,13H,11-12H2,1-3H3. The van der Waals surface area contributed by atoms with Crippen LogP contribution in [0.3, 0.4) is 0 Å². The molecule has 3 rings (SSSR count). The Balaban J connectivity index is 1.89. The summed E-state index contributed by atoms with van der Waals surface area (Å²) in [5, 5.41) is 0. The molecule has 0 saturated carbocycles. The predicted molar refractivity (Wildman–Crippen MR) is 90.3 cm³/mol. The van der Waals surface area contributed by atoms with E-state index in [-0.39, 0.29) is 5.91 Å². The molecule has 0 aliphatic carbocycles. The van der Waals surface area contributed by atoms with Crippen LogP contribution in [0, 0.1) is 0 Å². The Morgan fingerprint density at radius 3 is 2.35 bits per heavy atom. The first kappa shape index (κ1) is 15.4. The molecule has 1 amide bonds. The van der Waals surface area contributed by atoms with Crippen LogP contribution < -0.4 is 14.4 Å². The van der Waals surface area contributed by atoms with Crippen molar-refractivity contribution < 1.29 is 14.3 Å². The number of amides is 1. The highest BCUT2D eigenvalue weighted by Crippen LogP contribution is 2.39. The van der Waals surface area contributed by atoms with Crippen molar-refractivity contribution in [2.24, 2.45) is 0 Å². The third-order valence-electron chi connectivity index (χ3n) is 4.64. The molecule has 1 unspecified atom stereocenters. The van der Waals surface area contributed by atoms with E-state index in [1.807, 2.05) is 60.4 Å². The zero-order valence-electron chi connectivity index (χ0n) is 13.7. The summed E-state index contributed by atoms with van der Waals surface area (Å²) in [6.07, 6.45) is 0.783. The molecule has 1 fully saturated rings. The molecule has 4 nitrogen and oxygen atoms in total. The van der Waals surface area contributed by atoms with E-state index in [1.54, 1.807) is 14.2 Å². The molecule has 120 valence electrons. The van der Waals surface area contributed by atoms with Gasteiger partial charge < -0.3 is 14.4 Å². The summed E-state index contributed by atoms with van der Waals surface area (Å²) in [6, 6.07) is 15.4.